The summed E-state index contributed by atoms with van der Waals surface area (Å²) in [5, 5.41) is 0.719. The highest BCUT2D eigenvalue weighted by Crippen LogP contribution is 2.24. The van der Waals surface area contributed by atoms with E-state index in [1.165, 1.54) is 5.56 Å². The van der Waals surface area contributed by atoms with Gasteiger partial charge < -0.3 is 9.47 Å². The van der Waals surface area contributed by atoms with Gasteiger partial charge in [0.15, 0.2) is 0 Å². The first-order chi connectivity index (χ1) is 11.6. The van der Waals surface area contributed by atoms with Gasteiger partial charge in [-0.15, -0.1) is 0 Å². The number of methoxy groups -OCH3 is 1. The fraction of sp³-hybridized carbons (Fsp3) is 0.250. The number of benzene rings is 2. The second kappa shape index (κ2) is 9.14. The lowest BCUT2D eigenvalue weighted by molar-refractivity contribution is -0.137. The molecule has 0 aromatic heterocycles. The van der Waals surface area contributed by atoms with Gasteiger partial charge in [-0.25, -0.2) is 4.79 Å². The van der Waals surface area contributed by atoms with Crippen molar-refractivity contribution in [2.24, 2.45) is 0 Å². The maximum Gasteiger partial charge on any atom is 0.331 e. The van der Waals surface area contributed by atoms with E-state index < -0.39 is 0 Å². The average Bonchev–Trinajstić information content (AvgIpc) is 2.60. The molecule has 3 nitrogen and oxygen atoms in total. The molecule has 0 spiro atoms. The maximum absolute atomic E-state index is 11.9. The molecule has 0 saturated carbocycles. The molecule has 0 amide bonds. The molecule has 0 unspecified atom stereocenters. The molecule has 0 aliphatic rings. The van der Waals surface area contributed by atoms with Crippen LogP contribution >= 0.6 is 11.6 Å². The second-order valence-corrected chi connectivity index (χ2v) is 5.71. The summed E-state index contributed by atoms with van der Waals surface area (Å²) in [6.45, 7) is 2.16. The predicted octanol–water partition coefficient (Wildman–Crippen LogP) is 4.93. The van der Waals surface area contributed by atoms with E-state index in [9.17, 15) is 4.79 Å². The lowest BCUT2D eigenvalue weighted by Gasteiger charge is -2.10. The predicted molar refractivity (Wildman–Crippen MR) is 97.4 cm³/mol. The fourth-order valence-electron chi connectivity index (χ4n) is 2.36. The van der Waals surface area contributed by atoms with Crippen molar-refractivity contribution in [2.75, 3.05) is 13.7 Å². The van der Waals surface area contributed by atoms with Gasteiger partial charge in [0.1, 0.15) is 5.75 Å². The van der Waals surface area contributed by atoms with Gasteiger partial charge in [-0.2, -0.15) is 0 Å². The molecule has 0 aliphatic carbocycles. The first kappa shape index (κ1) is 18.1. The molecule has 0 bridgehead atoms. The van der Waals surface area contributed by atoms with E-state index in [1.807, 2.05) is 48.5 Å². The summed E-state index contributed by atoms with van der Waals surface area (Å²) >= 11 is 5.92. The van der Waals surface area contributed by atoms with Crippen LogP contribution in [0.25, 0.3) is 5.57 Å². The van der Waals surface area contributed by atoms with Gasteiger partial charge in [-0.3, -0.25) is 0 Å². The number of ether oxygens (including phenoxy) is 2. The van der Waals surface area contributed by atoms with Crippen molar-refractivity contribution in [1.82, 2.24) is 0 Å². The van der Waals surface area contributed by atoms with Gasteiger partial charge in [-0.1, -0.05) is 35.9 Å². The molecule has 0 aliphatic heterocycles. The number of carbonyl (C=O) groups is 1. The van der Waals surface area contributed by atoms with Crippen molar-refractivity contribution >= 4 is 23.1 Å². The van der Waals surface area contributed by atoms with Crippen LogP contribution in [0.2, 0.25) is 5.02 Å². The zero-order valence-electron chi connectivity index (χ0n) is 13.9. The summed E-state index contributed by atoms with van der Waals surface area (Å²) in [5.41, 5.74) is 3.09. The smallest absolute Gasteiger partial charge is 0.331 e. The minimum Gasteiger partial charge on any atom is -0.497 e. The third-order valence-corrected chi connectivity index (χ3v) is 3.89. The second-order valence-electron chi connectivity index (χ2n) is 5.28. The molecule has 0 radical (unpaired) electrons. The Bertz CT molecular complexity index is 688. The molecular formula is C20H21ClO3. The van der Waals surface area contributed by atoms with Gasteiger partial charge in [0.2, 0.25) is 0 Å². The van der Waals surface area contributed by atoms with Crippen LogP contribution in [-0.2, 0) is 16.0 Å². The highest BCUT2D eigenvalue weighted by Gasteiger charge is 2.07. The van der Waals surface area contributed by atoms with Crippen molar-refractivity contribution < 1.29 is 14.3 Å². The van der Waals surface area contributed by atoms with Crippen LogP contribution in [0.5, 0.6) is 5.75 Å². The summed E-state index contributed by atoms with van der Waals surface area (Å²) in [4.78, 5) is 11.9. The van der Waals surface area contributed by atoms with Gasteiger partial charge in [0.25, 0.3) is 0 Å². The molecule has 2 aromatic carbocycles. The van der Waals surface area contributed by atoms with E-state index in [0.29, 0.717) is 6.61 Å². The molecule has 0 N–H and O–H groups in total. The molecule has 0 heterocycles. The summed E-state index contributed by atoms with van der Waals surface area (Å²) in [7, 11) is 1.63. The standard InChI is InChI=1S/C20H21ClO3/c1-3-24-20(22)14-17(16-8-12-19(23-2)13-9-16)7-4-15-5-10-18(21)11-6-15/h5-6,8-14H,3-4,7H2,1-2H3/b17-14+. The van der Waals surface area contributed by atoms with Crippen molar-refractivity contribution in [2.45, 2.75) is 19.8 Å². The molecule has 0 saturated heterocycles. The minimum atomic E-state index is -0.320. The Kier molecular flexibility index (Phi) is 6.89. The number of allylic oxidation sites excluding steroid dienone is 1. The van der Waals surface area contributed by atoms with E-state index >= 15 is 0 Å². The van der Waals surface area contributed by atoms with Gasteiger partial charge in [-0.05, 0) is 60.7 Å². The zero-order valence-corrected chi connectivity index (χ0v) is 14.7. The monoisotopic (exact) mass is 344 g/mol. The van der Waals surface area contributed by atoms with Gasteiger partial charge in [0.05, 0.1) is 13.7 Å². The van der Waals surface area contributed by atoms with Gasteiger partial charge in [0, 0.05) is 11.1 Å². The van der Waals surface area contributed by atoms with E-state index in [1.54, 1.807) is 20.1 Å². The number of halogens is 1. The van der Waals surface area contributed by atoms with Crippen LogP contribution in [0.4, 0.5) is 0 Å². The van der Waals surface area contributed by atoms with Crippen LogP contribution in [0.1, 0.15) is 24.5 Å². The largest absolute Gasteiger partial charge is 0.497 e. The van der Waals surface area contributed by atoms with Crippen molar-refractivity contribution in [1.29, 1.82) is 0 Å². The molecule has 0 atom stereocenters. The number of hydrogen-bond donors (Lipinski definition) is 0. The van der Waals surface area contributed by atoms with Crippen molar-refractivity contribution in [3.8, 4) is 5.75 Å². The van der Waals surface area contributed by atoms with Gasteiger partial charge >= 0.3 is 5.97 Å². The highest BCUT2D eigenvalue weighted by molar-refractivity contribution is 6.30. The summed E-state index contributed by atoms with van der Waals surface area (Å²) in [6, 6.07) is 15.4. The van der Waals surface area contributed by atoms with Crippen molar-refractivity contribution in [3.05, 3.63) is 70.8 Å². The first-order valence-electron chi connectivity index (χ1n) is 7.88. The van der Waals surface area contributed by atoms with E-state index in [0.717, 1.165) is 34.8 Å². The summed E-state index contributed by atoms with van der Waals surface area (Å²) in [5.74, 6) is 0.464. The third kappa shape index (κ3) is 5.43. The average molecular weight is 345 g/mol. The minimum absolute atomic E-state index is 0.320. The topological polar surface area (TPSA) is 35.5 Å². The normalized spacial score (nSPS) is 11.2. The zero-order chi connectivity index (χ0) is 17.4. The fourth-order valence-corrected chi connectivity index (χ4v) is 2.49. The third-order valence-electron chi connectivity index (χ3n) is 3.64. The van der Waals surface area contributed by atoms with E-state index in [-0.39, 0.29) is 5.97 Å². The Morgan fingerprint density at radius 1 is 1.08 bits per heavy atom. The van der Waals surface area contributed by atoms with Crippen LogP contribution in [0, 0.1) is 0 Å². The highest BCUT2D eigenvalue weighted by atomic mass is 35.5. The lowest BCUT2D eigenvalue weighted by Crippen LogP contribution is -2.02. The number of hydrogen-bond acceptors (Lipinski definition) is 3. The van der Waals surface area contributed by atoms with Crippen LogP contribution in [0.15, 0.2) is 54.6 Å². The number of esters is 1. The quantitative estimate of drug-likeness (QED) is 0.528. The molecule has 24 heavy (non-hydrogen) atoms. The molecular weight excluding hydrogens is 324 g/mol. The van der Waals surface area contributed by atoms with Crippen LogP contribution in [0.3, 0.4) is 0 Å². The number of rotatable bonds is 7. The maximum atomic E-state index is 11.9. The van der Waals surface area contributed by atoms with Crippen LogP contribution < -0.4 is 4.74 Å². The number of aryl methyl sites for hydroxylation is 1. The Labute approximate surface area is 147 Å². The lowest BCUT2D eigenvalue weighted by atomic mass is 9.98. The van der Waals surface area contributed by atoms with E-state index in [2.05, 4.69) is 0 Å². The summed E-state index contributed by atoms with van der Waals surface area (Å²) < 4.78 is 10.2. The molecule has 2 rings (SSSR count). The van der Waals surface area contributed by atoms with Crippen molar-refractivity contribution in [3.63, 3.8) is 0 Å². The van der Waals surface area contributed by atoms with E-state index in [4.69, 9.17) is 21.1 Å². The Balaban J connectivity index is 2.18. The SMILES string of the molecule is CCOC(=O)/C=C(\CCc1ccc(Cl)cc1)c1ccc(OC)cc1. The van der Waals surface area contributed by atoms with Crippen LogP contribution in [-0.4, -0.2) is 19.7 Å². The Hall–Kier alpha value is -2.26. The molecule has 0 fully saturated rings. The first-order valence-corrected chi connectivity index (χ1v) is 8.26. The summed E-state index contributed by atoms with van der Waals surface area (Å²) in [6.07, 6.45) is 3.11. The molecule has 2 aromatic rings. The molecule has 126 valence electrons. The Morgan fingerprint density at radius 3 is 2.33 bits per heavy atom. The number of carbonyl (C=O) groups excluding carboxylic acids is 1. The Morgan fingerprint density at radius 2 is 1.75 bits per heavy atom. The molecule has 4 heteroatoms.